The van der Waals surface area contributed by atoms with E-state index < -0.39 is 18.3 Å². The number of piperazine rings is 1. The van der Waals surface area contributed by atoms with Gasteiger partial charge in [0.1, 0.15) is 18.3 Å². The molecule has 5 heteroatoms. The van der Waals surface area contributed by atoms with Crippen molar-refractivity contribution in [2.45, 2.75) is 31.3 Å². The van der Waals surface area contributed by atoms with E-state index in [1.165, 1.54) is 4.90 Å². The van der Waals surface area contributed by atoms with Crippen LogP contribution in [0.15, 0.2) is 30.3 Å². The van der Waals surface area contributed by atoms with Gasteiger partial charge in [-0.25, -0.2) is 4.39 Å². The van der Waals surface area contributed by atoms with Gasteiger partial charge in [0, 0.05) is 0 Å². The van der Waals surface area contributed by atoms with Gasteiger partial charge < -0.3 is 10.2 Å². The summed E-state index contributed by atoms with van der Waals surface area (Å²) in [7, 11) is 0. The second kappa shape index (κ2) is 5.13. The molecule has 0 aromatic heterocycles. The van der Waals surface area contributed by atoms with Gasteiger partial charge in [-0.05, 0) is 31.2 Å². The summed E-state index contributed by atoms with van der Waals surface area (Å²) in [5, 5.41) is 2.83. The van der Waals surface area contributed by atoms with Crippen LogP contribution >= 0.6 is 0 Å². The normalized spacial score (nSPS) is 29.4. The number of halogens is 1. The third-order valence-corrected chi connectivity index (χ3v) is 4.62. The smallest absolute Gasteiger partial charge is 0.250 e. The van der Waals surface area contributed by atoms with Gasteiger partial charge in [0.25, 0.3) is 5.91 Å². The van der Waals surface area contributed by atoms with E-state index in [0.29, 0.717) is 0 Å². The number of hydrogen-bond acceptors (Lipinski definition) is 2. The average molecular weight is 290 g/mol. The second-order valence-electron chi connectivity index (χ2n) is 5.92. The van der Waals surface area contributed by atoms with Gasteiger partial charge in [-0.1, -0.05) is 30.3 Å². The molecular weight excluding hydrogens is 271 g/mol. The van der Waals surface area contributed by atoms with Crippen LogP contribution in [0.3, 0.4) is 0 Å². The highest BCUT2D eigenvalue weighted by Gasteiger charge is 2.57. The highest BCUT2D eigenvalue weighted by molar-refractivity contribution is 6.00. The highest BCUT2D eigenvalue weighted by atomic mass is 19.1. The number of nitrogens with zero attached hydrogens (tertiary/aromatic N) is 1. The minimum Gasteiger partial charge on any atom is -0.338 e. The fourth-order valence-corrected chi connectivity index (χ4v) is 3.20. The predicted molar refractivity (Wildman–Crippen MR) is 76.1 cm³/mol. The minimum atomic E-state index is -0.908. The van der Waals surface area contributed by atoms with E-state index in [-0.39, 0.29) is 24.3 Å². The van der Waals surface area contributed by atoms with Gasteiger partial charge in [0.15, 0.2) is 0 Å². The Hall–Kier alpha value is -1.91. The molecule has 4 nitrogen and oxygen atoms in total. The van der Waals surface area contributed by atoms with Crippen LogP contribution in [0.1, 0.15) is 31.4 Å². The summed E-state index contributed by atoms with van der Waals surface area (Å²) in [5.41, 5.74) is -0.174. The third kappa shape index (κ3) is 2.20. The summed E-state index contributed by atoms with van der Waals surface area (Å²) in [6.45, 7) is 1.10. The first kappa shape index (κ1) is 14.0. The van der Waals surface area contributed by atoms with Gasteiger partial charge in [0.2, 0.25) is 5.91 Å². The summed E-state index contributed by atoms with van der Waals surface area (Å²) in [5.74, 6) is -0.246. The second-order valence-corrected chi connectivity index (χ2v) is 5.92. The average Bonchev–Trinajstić information content (AvgIpc) is 3.33. The van der Waals surface area contributed by atoms with Crippen molar-refractivity contribution in [2.75, 3.05) is 13.2 Å². The largest absolute Gasteiger partial charge is 0.338 e. The van der Waals surface area contributed by atoms with Crippen molar-refractivity contribution in [2.24, 2.45) is 5.92 Å². The molecule has 2 amide bonds. The Labute approximate surface area is 123 Å². The number of benzene rings is 1. The molecule has 21 heavy (non-hydrogen) atoms. The molecule has 1 aromatic rings. The Morgan fingerprint density at radius 1 is 1.29 bits per heavy atom. The molecule has 112 valence electrons. The lowest BCUT2D eigenvalue weighted by Gasteiger charge is -2.46. The minimum absolute atomic E-state index is 0.0252. The molecule has 2 fully saturated rings. The third-order valence-electron chi connectivity index (χ3n) is 4.62. The molecule has 0 bridgehead atoms. The Morgan fingerprint density at radius 2 is 1.95 bits per heavy atom. The summed E-state index contributed by atoms with van der Waals surface area (Å²) in [6, 6.07) is 8.39. The Bertz CT molecular complexity index is 559. The van der Waals surface area contributed by atoms with Crippen molar-refractivity contribution in [3.63, 3.8) is 0 Å². The van der Waals surface area contributed by atoms with Gasteiger partial charge in [0.05, 0.1) is 6.54 Å². The molecule has 1 aliphatic carbocycles. The number of carbonyl (C=O) groups excluding carboxylic acids is 2. The molecular formula is C16H19FN2O2. The zero-order valence-corrected chi connectivity index (χ0v) is 12.0. The van der Waals surface area contributed by atoms with Gasteiger partial charge in [-0.2, -0.15) is 0 Å². The predicted octanol–water partition coefficient (Wildman–Crippen LogP) is 1.82. The number of carbonyl (C=O) groups is 2. The molecule has 0 spiro atoms. The Morgan fingerprint density at radius 3 is 2.52 bits per heavy atom. The number of alkyl halides is 1. The first-order valence-corrected chi connectivity index (χ1v) is 7.32. The fourth-order valence-electron chi connectivity index (χ4n) is 3.20. The van der Waals surface area contributed by atoms with Crippen LogP contribution in [0.5, 0.6) is 0 Å². The number of nitrogens with one attached hydrogen (secondary N) is 1. The van der Waals surface area contributed by atoms with Crippen molar-refractivity contribution >= 4 is 11.8 Å². The topological polar surface area (TPSA) is 49.4 Å². The van der Waals surface area contributed by atoms with E-state index in [4.69, 9.17) is 0 Å². The molecule has 2 aliphatic rings. The monoisotopic (exact) mass is 290 g/mol. The maximum atomic E-state index is 12.9. The standard InChI is InChI=1S/C16H19FN2O2/c1-16(12-7-8-12)15(21)18-13(11-5-3-2-4-6-11)14(20)19(16)10-9-17/h2-6,12-13H,7-10H2,1H3,(H,18,21). The molecule has 1 N–H and O–H groups in total. The van der Waals surface area contributed by atoms with E-state index in [0.717, 1.165) is 18.4 Å². The van der Waals surface area contributed by atoms with E-state index in [1.807, 2.05) is 18.2 Å². The SMILES string of the molecule is CC1(C2CC2)C(=O)NC(c2ccccc2)C(=O)N1CCF. The van der Waals surface area contributed by atoms with Crippen LogP contribution in [0.25, 0.3) is 0 Å². The lowest BCUT2D eigenvalue weighted by molar-refractivity contribution is -0.158. The summed E-state index contributed by atoms with van der Waals surface area (Å²) >= 11 is 0. The first-order valence-electron chi connectivity index (χ1n) is 7.32. The first-order chi connectivity index (χ1) is 10.1. The molecule has 0 radical (unpaired) electrons. The van der Waals surface area contributed by atoms with Crippen molar-refractivity contribution < 1.29 is 14.0 Å². The summed E-state index contributed by atoms with van der Waals surface area (Å²) in [6.07, 6.45) is 1.83. The molecule has 2 unspecified atom stereocenters. The van der Waals surface area contributed by atoms with E-state index in [2.05, 4.69) is 5.32 Å². The summed E-state index contributed by atoms with van der Waals surface area (Å²) in [4.78, 5) is 26.8. The van der Waals surface area contributed by atoms with Crippen LogP contribution in [-0.4, -0.2) is 35.5 Å². The molecule has 1 aromatic carbocycles. The van der Waals surface area contributed by atoms with Crippen molar-refractivity contribution in [1.29, 1.82) is 0 Å². The van der Waals surface area contributed by atoms with Crippen LogP contribution in [-0.2, 0) is 9.59 Å². The zero-order chi connectivity index (χ0) is 15.0. The van der Waals surface area contributed by atoms with E-state index in [1.54, 1.807) is 19.1 Å². The molecule has 3 rings (SSSR count). The number of amides is 2. The van der Waals surface area contributed by atoms with Crippen LogP contribution in [0.4, 0.5) is 4.39 Å². The Kier molecular flexibility index (Phi) is 3.43. The quantitative estimate of drug-likeness (QED) is 0.919. The van der Waals surface area contributed by atoms with Crippen molar-refractivity contribution in [3.05, 3.63) is 35.9 Å². The molecule has 2 atom stereocenters. The molecule has 1 heterocycles. The van der Waals surface area contributed by atoms with Crippen LogP contribution in [0, 0.1) is 5.92 Å². The van der Waals surface area contributed by atoms with E-state index >= 15 is 0 Å². The Balaban J connectivity index is 1.95. The van der Waals surface area contributed by atoms with Crippen LogP contribution < -0.4 is 5.32 Å². The maximum Gasteiger partial charge on any atom is 0.250 e. The molecule has 1 saturated heterocycles. The lowest BCUT2D eigenvalue weighted by atomic mass is 9.86. The molecule has 1 aliphatic heterocycles. The van der Waals surface area contributed by atoms with Gasteiger partial charge >= 0.3 is 0 Å². The van der Waals surface area contributed by atoms with Crippen LogP contribution in [0.2, 0.25) is 0 Å². The maximum absolute atomic E-state index is 12.9. The van der Waals surface area contributed by atoms with Gasteiger partial charge in [-0.15, -0.1) is 0 Å². The number of hydrogen-bond donors (Lipinski definition) is 1. The van der Waals surface area contributed by atoms with Crippen molar-refractivity contribution in [3.8, 4) is 0 Å². The number of rotatable bonds is 4. The highest BCUT2D eigenvalue weighted by Crippen LogP contribution is 2.45. The zero-order valence-electron chi connectivity index (χ0n) is 12.0. The van der Waals surface area contributed by atoms with Crippen molar-refractivity contribution in [1.82, 2.24) is 10.2 Å². The fraction of sp³-hybridized carbons (Fsp3) is 0.500. The lowest BCUT2D eigenvalue weighted by Crippen LogP contribution is -2.68. The van der Waals surface area contributed by atoms with E-state index in [9.17, 15) is 14.0 Å². The van der Waals surface area contributed by atoms with Gasteiger partial charge in [-0.3, -0.25) is 9.59 Å². The summed E-state index contributed by atoms with van der Waals surface area (Å²) < 4.78 is 12.9. The molecule has 1 saturated carbocycles.